The number of benzene rings is 1. The number of hydrogen-bond acceptors (Lipinski definition) is 3. The van der Waals surface area contributed by atoms with Gasteiger partial charge in [-0.15, -0.1) is 11.6 Å². The molecule has 0 atom stereocenters. The van der Waals surface area contributed by atoms with Crippen LogP contribution in [0.15, 0.2) is 18.2 Å². The molecule has 3 nitrogen and oxygen atoms in total. The Bertz CT molecular complexity index is 427. The van der Waals surface area contributed by atoms with Crippen molar-refractivity contribution in [3.05, 3.63) is 34.9 Å². The van der Waals surface area contributed by atoms with Crippen molar-refractivity contribution in [2.75, 3.05) is 12.5 Å². The van der Waals surface area contributed by atoms with Crippen LogP contribution >= 0.6 is 11.6 Å². The van der Waals surface area contributed by atoms with Crippen LogP contribution in [0.4, 0.5) is 0 Å². The predicted octanol–water partition coefficient (Wildman–Crippen LogP) is 2.98. The predicted molar refractivity (Wildman–Crippen MR) is 66.8 cm³/mol. The molecule has 0 aliphatic heterocycles. The summed E-state index contributed by atoms with van der Waals surface area (Å²) in [5.74, 6) is -0.355. The fourth-order valence-corrected chi connectivity index (χ4v) is 1.67. The number of rotatable bonds is 5. The minimum absolute atomic E-state index is 0.133. The van der Waals surface area contributed by atoms with E-state index in [4.69, 9.17) is 16.3 Å². The molecule has 0 radical (unpaired) electrons. The third-order valence-electron chi connectivity index (χ3n) is 2.29. The van der Waals surface area contributed by atoms with Crippen LogP contribution in [0.25, 0.3) is 0 Å². The Kier molecular flexibility index (Phi) is 5.16. The van der Waals surface area contributed by atoms with Gasteiger partial charge >= 0.3 is 5.97 Å². The minimum Gasteiger partial charge on any atom is -0.462 e. The molecule has 0 unspecified atom stereocenters. The van der Waals surface area contributed by atoms with Crippen LogP contribution in [0.3, 0.4) is 0 Å². The number of hydrogen-bond donors (Lipinski definition) is 0. The van der Waals surface area contributed by atoms with Crippen molar-refractivity contribution in [1.29, 1.82) is 0 Å². The molecule has 0 amide bonds. The van der Waals surface area contributed by atoms with Gasteiger partial charge in [0, 0.05) is 17.9 Å². The van der Waals surface area contributed by atoms with E-state index in [-0.39, 0.29) is 24.7 Å². The van der Waals surface area contributed by atoms with E-state index < -0.39 is 5.97 Å². The van der Waals surface area contributed by atoms with Crippen LogP contribution in [-0.2, 0) is 4.74 Å². The van der Waals surface area contributed by atoms with Gasteiger partial charge in [0.15, 0.2) is 5.78 Å². The second-order valence-corrected chi connectivity index (χ2v) is 4.01. The van der Waals surface area contributed by atoms with Crippen LogP contribution in [0, 0.1) is 6.92 Å². The van der Waals surface area contributed by atoms with Gasteiger partial charge in [0.05, 0.1) is 12.2 Å². The van der Waals surface area contributed by atoms with Gasteiger partial charge in [0.25, 0.3) is 0 Å². The second-order valence-electron chi connectivity index (χ2n) is 3.63. The summed E-state index contributed by atoms with van der Waals surface area (Å²) in [5, 5.41) is 0. The molecule has 1 rings (SSSR count). The highest BCUT2D eigenvalue weighted by Gasteiger charge is 2.17. The van der Waals surface area contributed by atoms with Gasteiger partial charge in [0.1, 0.15) is 0 Å². The number of ether oxygens (including phenoxy) is 1. The maximum absolute atomic E-state index is 11.8. The van der Waals surface area contributed by atoms with E-state index in [0.29, 0.717) is 11.1 Å². The lowest BCUT2D eigenvalue weighted by molar-refractivity contribution is 0.0523. The van der Waals surface area contributed by atoms with E-state index in [1.54, 1.807) is 25.1 Å². The molecule has 0 spiro atoms. The first-order valence-corrected chi connectivity index (χ1v) is 6.00. The zero-order chi connectivity index (χ0) is 12.8. The molecule has 0 aliphatic carbocycles. The molecule has 0 N–H and O–H groups in total. The van der Waals surface area contributed by atoms with Gasteiger partial charge in [-0.2, -0.15) is 0 Å². The summed E-state index contributed by atoms with van der Waals surface area (Å²) in [7, 11) is 0. The molecule has 0 heterocycles. The number of carbonyl (C=O) groups is 2. The highest BCUT2D eigenvalue weighted by atomic mass is 35.5. The fraction of sp³-hybridized carbons (Fsp3) is 0.385. The molecule has 0 aromatic heterocycles. The average molecular weight is 255 g/mol. The smallest absolute Gasteiger partial charge is 0.338 e. The van der Waals surface area contributed by atoms with Gasteiger partial charge in [-0.05, 0) is 26.0 Å². The van der Waals surface area contributed by atoms with Crippen molar-refractivity contribution in [3.63, 3.8) is 0 Å². The summed E-state index contributed by atoms with van der Waals surface area (Å²) >= 11 is 5.54. The fourth-order valence-electron chi connectivity index (χ4n) is 1.50. The highest BCUT2D eigenvalue weighted by molar-refractivity contribution is 6.20. The lowest BCUT2D eigenvalue weighted by atomic mass is 9.99. The molecule has 0 fully saturated rings. The largest absolute Gasteiger partial charge is 0.462 e. The van der Waals surface area contributed by atoms with E-state index in [0.717, 1.165) is 5.56 Å². The molecular formula is C13H15ClO3. The lowest BCUT2D eigenvalue weighted by Gasteiger charge is -2.08. The monoisotopic (exact) mass is 254 g/mol. The number of carbonyl (C=O) groups excluding carboxylic acids is 2. The van der Waals surface area contributed by atoms with E-state index in [9.17, 15) is 9.59 Å². The van der Waals surface area contributed by atoms with E-state index in [1.165, 1.54) is 0 Å². The summed E-state index contributed by atoms with van der Waals surface area (Å²) in [5.41, 5.74) is 1.63. The molecule has 1 aromatic rings. The summed E-state index contributed by atoms with van der Waals surface area (Å²) in [6.45, 7) is 3.88. The molecule has 17 heavy (non-hydrogen) atoms. The third-order valence-corrected chi connectivity index (χ3v) is 2.48. The molecule has 0 saturated carbocycles. The van der Waals surface area contributed by atoms with Crippen molar-refractivity contribution in [2.45, 2.75) is 20.3 Å². The topological polar surface area (TPSA) is 43.4 Å². The number of esters is 1. The maximum Gasteiger partial charge on any atom is 0.338 e. The van der Waals surface area contributed by atoms with E-state index in [1.807, 2.05) is 6.92 Å². The van der Waals surface area contributed by atoms with Gasteiger partial charge < -0.3 is 4.74 Å². The minimum atomic E-state index is -0.467. The van der Waals surface area contributed by atoms with Crippen LogP contribution in [0.1, 0.15) is 39.6 Å². The van der Waals surface area contributed by atoms with Crippen LogP contribution < -0.4 is 0 Å². The molecule has 92 valence electrons. The molecule has 0 saturated heterocycles. The van der Waals surface area contributed by atoms with Crippen LogP contribution in [0.2, 0.25) is 0 Å². The quantitative estimate of drug-likeness (QED) is 0.461. The summed E-state index contributed by atoms with van der Waals surface area (Å²) in [6.07, 6.45) is 0.220. The Morgan fingerprint density at radius 3 is 2.59 bits per heavy atom. The highest BCUT2D eigenvalue weighted by Crippen LogP contribution is 2.15. The molecule has 4 heteroatoms. The number of halogens is 1. The molecular weight excluding hydrogens is 240 g/mol. The summed E-state index contributed by atoms with van der Waals surface area (Å²) in [4.78, 5) is 23.5. The summed E-state index contributed by atoms with van der Waals surface area (Å²) in [6, 6.07) is 5.10. The molecule has 0 aliphatic rings. The van der Waals surface area contributed by atoms with Gasteiger partial charge in [-0.3, -0.25) is 4.79 Å². The first kappa shape index (κ1) is 13.7. The van der Waals surface area contributed by atoms with Crippen molar-refractivity contribution >= 4 is 23.4 Å². The zero-order valence-electron chi connectivity index (χ0n) is 9.96. The van der Waals surface area contributed by atoms with E-state index in [2.05, 4.69) is 0 Å². The molecule has 0 bridgehead atoms. The third kappa shape index (κ3) is 3.56. The Morgan fingerprint density at radius 2 is 2.00 bits per heavy atom. The Labute approximate surface area is 106 Å². The first-order valence-electron chi connectivity index (χ1n) is 5.47. The van der Waals surface area contributed by atoms with Crippen molar-refractivity contribution in [3.8, 4) is 0 Å². The Balaban J connectivity index is 3.11. The van der Waals surface area contributed by atoms with Gasteiger partial charge in [-0.25, -0.2) is 4.79 Å². The van der Waals surface area contributed by atoms with Crippen molar-refractivity contribution < 1.29 is 14.3 Å². The van der Waals surface area contributed by atoms with E-state index >= 15 is 0 Å². The number of ketones is 1. The normalized spacial score (nSPS) is 10.1. The number of alkyl halides is 1. The Morgan fingerprint density at radius 1 is 1.29 bits per heavy atom. The number of Topliss-reactive ketones (excluding diaryl/α,β-unsaturated/α-hetero) is 1. The lowest BCUT2D eigenvalue weighted by Crippen LogP contribution is -2.12. The SMILES string of the molecule is CCOC(=O)c1ccc(C)cc1C(=O)CCCl. The summed E-state index contributed by atoms with van der Waals surface area (Å²) < 4.78 is 4.91. The van der Waals surface area contributed by atoms with Gasteiger partial charge in [0.2, 0.25) is 0 Å². The second kappa shape index (κ2) is 6.40. The van der Waals surface area contributed by atoms with Gasteiger partial charge in [-0.1, -0.05) is 11.6 Å². The first-order chi connectivity index (χ1) is 8.10. The van der Waals surface area contributed by atoms with Crippen LogP contribution in [-0.4, -0.2) is 24.2 Å². The molecule has 1 aromatic carbocycles. The number of aryl methyl sites for hydroxylation is 1. The van der Waals surface area contributed by atoms with Crippen molar-refractivity contribution in [2.24, 2.45) is 0 Å². The average Bonchev–Trinajstić information content (AvgIpc) is 2.29. The Hall–Kier alpha value is -1.35. The zero-order valence-corrected chi connectivity index (χ0v) is 10.7. The van der Waals surface area contributed by atoms with Crippen LogP contribution in [0.5, 0.6) is 0 Å². The maximum atomic E-state index is 11.8. The van der Waals surface area contributed by atoms with Crippen molar-refractivity contribution in [1.82, 2.24) is 0 Å². The standard InChI is InChI=1S/C13H15ClO3/c1-3-17-13(16)10-5-4-9(2)8-11(10)12(15)6-7-14/h4-5,8H,3,6-7H2,1-2H3.